The lowest BCUT2D eigenvalue weighted by atomic mass is 10.3. The fraction of sp³-hybridized carbons (Fsp3) is 0.0833. The average Bonchev–Trinajstić information content (AvgIpc) is 2.42. The number of rotatable bonds is 3. The highest BCUT2D eigenvalue weighted by Crippen LogP contribution is 2.29. The Labute approximate surface area is 120 Å². The van der Waals surface area contributed by atoms with E-state index >= 15 is 0 Å². The van der Waals surface area contributed by atoms with Crippen LogP contribution in [0.15, 0.2) is 41.6 Å². The zero-order valence-corrected chi connectivity index (χ0v) is 12.0. The van der Waals surface area contributed by atoms with Gasteiger partial charge in [0.05, 0.1) is 11.4 Å². The molecule has 2 aromatic rings. The van der Waals surface area contributed by atoms with E-state index in [1.807, 2.05) is 0 Å². The molecule has 2 rings (SSSR count). The van der Waals surface area contributed by atoms with E-state index in [-0.39, 0.29) is 10.7 Å². The van der Waals surface area contributed by atoms with Crippen molar-refractivity contribution in [3.8, 4) is 0 Å². The third-order valence-corrected chi connectivity index (χ3v) is 4.70. The number of hydrogen-bond acceptors (Lipinski definition) is 4. The smallest absolute Gasteiger partial charge is 0.267 e. The predicted octanol–water partition coefficient (Wildman–Crippen LogP) is 2.28. The molecule has 0 bridgehead atoms. The number of halogens is 2. The zero-order valence-electron chi connectivity index (χ0n) is 10.4. The minimum absolute atomic E-state index is 0.0469. The van der Waals surface area contributed by atoms with Gasteiger partial charge in [0.25, 0.3) is 10.0 Å². The van der Waals surface area contributed by atoms with Crippen molar-refractivity contribution in [3.63, 3.8) is 0 Å². The van der Waals surface area contributed by atoms with Crippen LogP contribution in [0.1, 0.15) is 0 Å². The van der Waals surface area contributed by atoms with Crippen LogP contribution in [0.5, 0.6) is 0 Å². The molecule has 0 amide bonds. The van der Waals surface area contributed by atoms with Crippen LogP contribution in [0.2, 0.25) is 5.02 Å². The first-order valence-corrected chi connectivity index (χ1v) is 7.29. The minimum Gasteiger partial charge on any atom is -0.396 e. The van der Waals surface area contributed by atoms with Gasteiger partial charge in [0.15, 0.2) is 5.82 Å². The van der Waals surface area contributed by atoms with Crippen molar-refractivity contribution in [2.45, 2.75) is 4.90 Å². The first-order valence-electron chi connectivity index (χ1n) is 5.47. The van der Waals surface area contributed by atoms with Crippen molar-refractivity contribution in [1.82, 2.24) is 4.98 Å². The molecule has 0 unspecified atom stereocenters. The Bertz CT molecular complexity index is 738. The number of pyridine rings is 1. The number of aromatic nitrogens is 1. The molecule has 1 heterocycles. The summed E-state index contributed by atoms with van der Waals surface area (Å²) in [5, 5.41) is 0.0469. The molecule has 20 heavy (non-hydrogen) atoms. The molecule has 106 valence electrons. The van der Waals surface area contributed by atoms with Gasteiger partial charge in [0, 0.05) is 24.5 Å². The first-order chi connectivity index (χ1) is 9.34. The SMILES string of the molecule is CN(c1ccncc1)S(=O)(=O)c1cc(Cl)cc(N)c1F. The molecule has 0 aliphatic rings. The molecule has 1 aromatic carbocycles. The van der Waals surface area contributed by atoms with Crippen LogP contribution < -0.4 is 10.0 Å². The maximum atomic E-state index is 14.0. The summed E-state index contributed by atoms with van der Waals surface area (Å²) >= 11 is 5.74. The van der Waals surface area contributed by atoms with Gasteiger partial charge in [-0.15, -0.1) is 0 Å². The quantitative estimate of drug-likeness (QED) is 0.882. The van der Waals surface area contributed by atoms with Gasteiger partial charge in [-0.3, -0.25) is 9.29 Å². The van der Waals surface area contributed by atoms with Gasteiger partial charge in [0.2, 0.25) is 0 Å². The highest BCUT2D eigenvalue weighted by atomic mass is 35.5. The van der Waals surface area contributed by atoms with Crippen LogP contribution >= 0.6 is 11.6 Å². The molecule has 0 saturated carbocycles. The Kier molecular flexibility index (Phi) is 3.82. The summed E-state index contributed by atoms with van der Waals surface area (Å²) in [6.07, 6.45) is 2.87. The summed E-state index contributed by atoms with van der Waals surface area (Å²) in [6, 6.07) is 5.16. The lowest BCUT2D eigenvalue weighted by molar-refractivity contribution is 0.568. The molecule has 0 fully saturated rings. The van der Waals surface area contributed by atoms with Crippen molar-refractivity contribution in [2.75, 3.05) is 17.1 Å². The summed E-state index contributed by atoms with van der Waals surface area (Å²) in [6.45, 7) is 0. The Morgan fingerprint density at radius 1 is 1.30 bits per heavy atom. The number of nitrogens with zero attached hydrogens (tertiary/aromatic N) is 2. The summed E-state index contributed by atoms with van der Waals surface area (Å²) < 4.78 is 39.7. The predicted molar refractivity (Wildman–Crippen MR) is 75.6 cm³/mol. The van der Waals surface area contributed by atoms with Crippen molar-refractivity contribution >= 4 is 33.0 Å². The monoisotopic (exact) mass is 315 g/mol. The van der Waals surface area contributed by atoms with Crippen LogP contribution in [0.3, 0.4) is 0 Å². The highest BCUT2D eigenvalue weighted by Gasteiger charge is 2.26. The number of anilines is 2. The number of hydrogen-bond donors (Lipinski definition) is 1. The van der Waals surface area contributed by atoms with Crippen LogP contribution in [0, 0.1) is 5.82 Å². The van der Waals surface area contributed by atoms with Crippen molar-refractivity contribution in [3.05, 3.63) is 47.5 Å². The number of nitrogen functional groups attached to an aromatic ring is 1. The van der Waals surface area contributed by atoms with Gasteiger partial charge >= 0.3 is 0 Å². The summed E-state index contributed by atoms with van der Waals surface area (Å²) in [4.78, 5) is 3.22. The largest absolute Gasteiger partial charge is 0.396 e. The maximum Gasteiger partial charge on any atom is 0.267 e. The number of sulfonamides is 1. The second-order valence-corrected chi connectivity index (χ2v) is 6.36. The van der Waals surface area contributed by atoms with Crippen LogP contribution in [0.4, 0.5) is 15.8 Å². The Morgan fingerprint density at radius 3 is 2.50 bits per heavy atom. The first kappa shape index (κ1) is 14.5. The molecule has 0 spiro atoms. The van der Waals surface area contributed by atoms with Gasteiger partial charge in [-0.2, -0.15) is 0 Å². The van der Waals surface area contributed by atoms with E-state index in [9.17, 15) is 12.8 Å². The third kappa shape index (κ3) is 2.54. The Hall–Kier alpha value is -1.86. The average molecular weight is 316 g/mol. The van der Waals surface area contributed by atoms with Gasteiger partial charge in [-0.05, 0) is 24.3 Å². The third-order valence-electron chi connectivity index (χ3n) is 2.70. The molecule has 8 heteroatoms. The van der Waals surface area contributed by atoms with E-state index in [1.165, 1.54) is 31.6 Å². The summed E-state index contributed by atoms with van der Waals surface area (Å²) in [5.41, 5.74) is 5.43. The molecule has 0 radical (unpaired) electrons. The van der Waals surface area contributed by atoms with E-state index in [2.05, 4.69) is 4.98 Å². The lowest BCUT2D eigenvalue weighted by Crippen LogP contribution is -2.27. The van der Waals surface area contributed by atoms with Gasteiger partial charge in [0.1, 0.15) is 4.90 Å². The highest BCUT2D eigenvalue weighted by molar-refractivity contribution is 7.92. The van der Waals surface area contributed by atoms with Gasteiger partial charge in [-0.1, -0.05) is 11.6 Å². The van der Waals surface area contributed by atoms with Crippen molar-refractivity contribution in [1.29, 1.82) is 0 Å². The number of nitrogens with two attached hydrogens (primary N) is 1. The van der Waals surface area contributed by atoms with Crippen molar-refractivity contribution in [2.24, 2.45) is 0 Å². The molecule has 0 saturated heterocycles. The van der Waals surface area contributed by atoms with Crippen molar-refractivity contribution < 1.29 is 12.8 Å². The topological polar surface area (TPSA) is 76.3 Å². The molecule has 0 aliphatic heterocycles. The van der Waals surface area contributed by atoms with E-state index in [0.29, 0.717) is 5.69 Å². The molecule has 0 aliphatic carbocycles. The standard InChI is InChI=1S/C12H11ClFN3O2S/c1-17(9-2-4-16-5-3-9)20(18,19)11-7-8(13)6-10(15)12(11)14/h2-7H,15H2,1H3. The molecule has 1 aromatic heterocycles. The van der Waals surface area contributed by atoms with Crippen LogP contribution in [-0.4, -0.2) is 20.4 Å². The molecule has 0 atom stereocenters. The molecule has 5 nitrogen and oxygen atoms in total. The van der Waals surface area contributed by atoms with E-state index in [0.717, 1.165) is 16.4 Å². The maximum absolute atomic E-state index is 14.0. The Balaban J connectivity index is 2.57. The second kappa shape index (κ2) is 5.26. The Morgan fingerprint density at radius 2 is 1.90 bits per heavy atom. The zero-order chi connectivity index (χ0) is 14.9. The number of benzene rings is 1. The second-order valence-electron chi connectivity index (χ2n) is 3.99. The fourth-order valence-electron chi connectivity index (χ4n) is 1.61. The summed E-state index contributed by atoms with van der Waals surface area (Å²) in [7, 11) is -2.79. The minimum atomic E-state index is -4.10. The van der Waals surface area contributed by atoms with E-state index in [1.54, 1.807) is 0 Å². The molecule has 2 N–H and O–H groups in total. The van der Waals surface area contributed by atoms with Crippen LogP contribution in [0.25, 0.3) is 0 Å². The van der Waals surface area contributed by atoms with Gasteiger partial charge < -0.3 is 5.73 Å². The van der Waals surface area contributed by atoms with Gasteiger partial charge in [-0.25, -0.2) is 12.8 Å². The van der Waals surface area contributed by atoms with E-state index in [4.69, 9.17) is 17.3 Å². The normalized spacial score (nSPS) is 11.3. The fourth-order valence-corrected chi connectivity index (χ4v) is 3.22. The lowest BCUT2D eigenvalue weighted by Gasteiger charge is -2.20. The van der Waals surface area contributed by atoms with Crippen LogP contribution in [-0.2, 0) is 10.0 Å². The molecular weight excluding hydrogens is 305 g/mol. The summed E-state index contributed by atoms with van der Waals surface area (Å²) in [5.74, 6) is -1.02. The molecular formula is C12H11ClFN3O2S. The van der Waals surface area contributed by atoms with E-state index < -0.39 is 20.7 Å².